The number of aromatic nitrogens is 1. The number of pyridine rings is 1. The third-order valence-corrected chi connectivity index (χ3v) is 4.13. The SMILES string of the molecule is Nc1c(Cc2cc(Cl)ccc2O)c2ccc(C(F)(F)F)cc2[nH]c1=O. The first kappa shape index (κ1) is 17.2. The lowest BCUT2D eigenvalue weighted by molar-refractivity contribution is -0.137. The summed E-state index contributed by atoms with van der Waals surface area (Å²) in [6.07, 6.45) is -4.48. The van der Waals surface area contributed by atoms with Crippen LogP contribution >= 0.6 is 11.6 Å². The highest BCUT2D eigenvalue weighted by Crippen LogP contribution is 2.33. The van der Waals surface area contributed by atoms with E-state index in [2.05, 4.69) is 4.98 Å². The molecule has 4 nitrogen and oxygen atoms in total. The minimum absolute atomic E-state index is 0.0190. The topological polar surface area (TPSA) is 79.1 Å². The number of phenolic OH excluding ortho intramolecular Hbond substituents is 1. The van der Waals surface area contributed by atoms with E-state index in [9.17, 15) is 23.1 Å². The number of anilines is 1. The third kappa shape index (κ3) is 3.28. The summed E-state index contributed by atoms with van der Waals surface area (Å²) in [4.78, 5) is 14.4. The van der Waals surface area contributed by atoms with E-state index in [0.717, 1.165) is 12.1 Å². The van der Waals surface area contributed by atoms with Gasteiger partial charge in [0.1, 0.15) is 11.4 Å². The van der Waals surface area contributed by atoms with E-state index in [1.54, 1.807) is 0 Å². The first-order valence-corrected chi connectivity index (χ1v) is 7.53. The van der Waals surface area contributed by atoms with Crippen LogP contribution in [0.25, 0.3) is 10.9 Å². The first-order valence-electron chi connectivity index (χ1n) is 7.16. The number of aromatic hydroxyl groups is 1. The Hall–Kier alpha value is -2.67. The van der Waals surface area contributed by atoms with E-state index in [1.807, 2.05) is 0 Å². The zero-order valence-corrected chi connectivity index (χ0v) is 13.4. The van der Waals surface area contributed by atoms with Crippen molar-refractivity contribution in [3.63, 3.8) is 0 Å². The van der Waals surface area contributed by atoms with E-state index in [0.29, 0.717) is 21.5 Å². The molecule has 25 heavy (non-hydrogen) atoms. The minimum atomic E-state index is -4.53. The number of halogens is 4. The lowest BCUT2D eigenvalue weighted by atomic mass is 9.98. The Labute approximate surface area is 144 Å². The second-order valence-corrected chi connectivity index (χ2v) is 5.99. The molecule has 0 amide bonds. The molecule has 0 bridgehead atoms. The molecule has 0 saturated carbocycles. The number of hydrogen-bond donors (Lipinski definition) is 3. The number of alkyl halides is 3. The van der Waals surface area contributed by atoms with Gasteiger partial charge in [0, 0.05) is 22.3 Å². The Morgan fingerprint density at radius 3 is 2.56 bits per heavy atom. The highest BCUT2D eigenvalue weighted by atomic mass is 35.5. The van der Waals surface area contributed by atoms with E-state index in [1.165, 1.54) is 24.3 Å². The van der Waals surface area contributed by atoms with Crippen LogP contribution in [0.2, 0.25) is 5.02 Å². The molecule has 0 aliphatic carbocycles. The van der Waals surface area contributed by atoms with E-state index < -0.39 is 17.3 Å². The van der Waals surface area contributed by atoms with Crippen molar-refractivity contribution in [1.29, 1.82) is 0 Å². The van der Waals surface area contributed by atoms with Gasteiger partial charge in [-0.2, -0.15) is 13.2 Å². The molecule has 0 fully saturated rings. The zero-order valence-electron chi connectivity index (χ0n) is 12.6. The molecule has 0 spiro atoms. The van der Waals surface area contributed by atoms with Crippen molar-refractivity contribution in [1.82, 2.24) is 4.98 Å². The summed E-state index contributed by atoms with van der Waals surface area (Å²) in [6.45, 7) is 0. The van der Waals surface area contributed by atoms with Crippen molar-refractivity contribution in [2.45, 2.75) is 12.6 Å². The summed E-state index contributed by atoms with van der Waals surface area (Å²) in [6, 6.07) is 7.42. The maximum atomic E-state index is 12.9. The third-order valence-electron chi connectivity index (χ3n) is 3.90. The summed E-state index contributed by atoms with van der Waals surface area (Å²) in [5.74, 6) is -0.0517. The molecule has 0 unspecified atom stereocenters. The van der Waals surface area contributed by atoms with Crippen molar-refractivity contribution in [2.75, 3.05) is 5.73 Å². The van der Waals surface area contributed by atoms with Crippen LogP contribution in [0.5, 0.6) is 5.75 Å². The molecule has 3 aromatic rings. The highest BCUT2D eigenvalue weighted by molar-refractivity contribution is 6.30. The monoisotopic (exact) mass is 368 g/mol. The maximum absolute atomic E-state index is 12.9. The fourth-order valence-corrected chi connectivity index (χ4v) is 2.83. The molecule has 1 aromatic heterocycles. The normalized spacial score (nSPS) is 11.8. The van der Waals surface area contributed by atoms with Gasteiger partial charge in [-0.1, -0.05) is 17.7 Å². The Morgan fingerprint density at radius 2 is 1.88 bits per heavy atom. The Morgan fingerprint density at radius 1 is 1.16 bits per heavy atom. The predicted molar refractivity (Wildman–Crippen MR) is 89.9 cm³/mol. The molecule has 3 rings (SSSR count). The molecule has 0 atom stereocenters. The number of nitrogens with two attached hydrogens (primary N) is 1. The average molecular weight is 369 g/mol. The van der Waals surface area contributed by atoms with E-state index in [-0.39, 0.29) is 23.4 Å². The van der Waals surface area contributed by atoms with Crippen LogP contribution in [-0.4, -0.2) is 10.1 Å². The summed E-state index contributed by atoms with van der Waals surface area (Å²) in [5.41, 5.74) is 4.89. The number of fused-ring (bicyclic) bond motifs is 1. The average Bonchev–Trinajstić information content (AvgIpc) is 2.53. The molecular weight excluding hydrogens is 357 g/mol. The molecule has 0 aliphatic heterocycles. The molecule has 4 N–H and O–H groups in total. The number of phenols is 1. The quantitative estimate of drug-likeness (QED) is 0.637. The van der Waals surface area contributed by atoms with Crippen molar-refractivity contribution in [3.05, 3.63) is 68.5 Å². The maximum Gasteiger partial charge on any atom is 0.416 e. The standard InChI is InChI=1S/C17H12ClF3N2O2/c18-10-2-4-14(24)8(5-10)6-12-11-3-1-9(17(19,20)21)7-13(11)23-16(25)15(12)22/h1-5,7,24H,6,22H2,(H,23,25). The molecule has 2 aromatic carbocycles. The van der Waals surface area contributed by atoms with E-state index >= 15 is 0 Å². The second kappa shape index (κ2) is 6.00. The molecule has 0 radical (unpaired) electrons. The van der Waals surface area contributed by atoms with Crippen LogP contribution < -0.4 is 11.3 Å². The number of nitrogen functional groups attached to an aromatic ring is 1. The zero-order chi connectivity index (χ0) is 18.4. The number of aromatic amines is 1. The van der Waals surface area contributed by atoms with Crippen LogP contribution in [-0.2, 0) is 12.6 Å². The van der Waals surface area contributed by atoms with Crippen molar-refractivity contribution in [2.24, 2.45) is 0 Å². The van der Waals surface area contributed by atoms with Crippen molar-refractivity contribution >= 4 is 28.2 Å². The highest BCUT2D eigenvalue weighted by Gasteiger charge is 2.30. The van der Waals surface area contributed by atoms with Crippen LogP contribution in [0.15, 0.2) is 41.2 Å². The molecular formula is C17H12ClF3N2O2. The summed E-state index contributed by atoms with van der Waals surface area (Å²) < 4.78 is 38.6. The second-order valence-electron chi connectivity index (χ2n) is 5.55. The van der Waals surface area contributed by atoms with Crippen LogP contribution in [0.4, 0.5) is 18.9 Å². The van der Waals surface area contributed by atoms with Gasteiger partial charge in [0.15, 0.2) is 0 Å². The fourth-order valence-electron chi connectivity index (χ4n) is 2.64. The summed E-state index contributed by atoms with van der Waals surface area (Å²) >= 11 is 5.91. The number of hydrogen-bond acceptors (Lipinski definition) is 3. The summed E-state index contributed by atoms with van der Waals surface area (Å²) in [7, 11) is 0. The smallest absolute Gasteiger partial charge is 0.416 e. The van der Waals surface area contributed by atoms with Gasteiger partial charge >= 0.3 is 6.18 Å². The van der Waals surface area contributed by atoms with Crippen molar-refractivity contribution in [3.8, 4) is 5.75 Å². The molecule has 0 aliphatic rings. The van der Waals surface area contributed by atoms with Crippen LogP contribution in [0.1, 0.15) is 16.7 Å². The van der Waals surface area contributed by atoms with Gasteiger partial charge in [-0.15, -0.1) is 0 Å². The van der Waals surface area contributed by atoms with Gasteiger partial charge in [0.2, 0.25) is 0 Å². The Balaban J connectivity index is 2.21. The predicted octanol–water partition coefficient (Wildman–Crippen LogP) is 4.08. The van der Waals surface area contributed by atoms with Gasteiger partial charge in [-0.25, -0.2) is 0 Å². The number of H-pyrrole nitrogens is 1. The first-order chi connectivity index (χ1) is 11.7. The van der Waals surface area contributed by atoms with Gasteiger partial charge in [0.25, 0.3) is 5.56 Å². The number of rotatable bonds is 2. The number of nitrogens with one attached hydrogen (secondary N) is 1. The van der Waals surface area contributed by atoms with Gasteiger partial charge in [0.05, 0.1) is 5.56 Å². The van der Waals surface area contributed by atoms with Gasteiger partial charge in [-0.3, -0.25) is 4.79 Å². The Kier molecular flexibility index (Phi) is 4.12. The molecule has 8 heteroatoms. The van der Waals surface area contributed by atoms with Gasteiger partial charge < -0.3 is 15.8 Å². The van der Waals surface area contributed by atoms with E-state index in [4.69, 9.17) is 17.3 Å². The van der Waals surface area contributed by atoms with Gasteiger partial charge in [-0.05, 0) is 41.5 Å². The van der Waals surface area contributed by atoms with Crippen molar-refractivity contribution < 1.29 is 18.3 Å². The minimum Gasteiger partial charge on any atom is -0.508 e. The molecule has 0 saturated heterocycles. The summed E-state index contributed by atoms with van der Waals surface area (Å²) in [5, 5.41) is 10.7. The molecule has 130 valence electrons. The number of benzene rings is 2. The largest absolute Gasteiger partial charge is 0.508 e. The Bertz CT molecular complexity index is 1030. The molecule has 1 heterocycles. The van der Waals surface area contributed by atoms with Crippen LogP contribution in [0, 0.1) is 0 Å². The fraction of sp³-hybridized carbons (Fsp3) is 0.118. The lowest BCUT2D eigenvalue weighted by Crippen LogP contribution is -2.16. The van der Waals surface area contributed by atoms with Crippen LogP contribution in [0.3, 0.4) is 0 Å². The lowest BCUT2D eigenvalue weighted by Gasteiger charge is -2.13.